The number of pyridine rings is 1. The van der Waals surface area contributed by atoms with Crippen LogP contribution in [0.4, 0.5) is 5.82 Å². The van der Waals surface area contributed by atoms with E-state index in [1.54, 1.807) is 18.3 Å². The molecule has 1 aromatic heterocycles. The first kappa shape index (κ1) is 19.2. The Hall–Kier alpha value is -1.61. The fourth-order valence-corrected chi connectivity index (χ4v) is 4.87. The summed E-state index contributed by atoms with van der Waals surface area (Å²) < 4.78 is 31.8. The molecule has 0 atom stereocenters. The lowest BCUT2D eigenvalue weighted by Crippen LogP contribution is -2.40. The summed E-state index contributed by atoms with van der Waals surface area (Å²) in [4.78, 5) is 4.59. The summed E-state index contributed by atoms with van der Waals surface area (Å²) in [5, 5.41) is 3.29. The second-order valence-electron chi connectivity index (χ2n) is 5.90. The molecular weight excluding hydrogens is 370 g/mol. The molecule has 0 amide bonds. The van der Waals surface area contributed by atoms with E-state index in [1.807, 2.05) is 30.0 Å². The SMILES string of the molecule is O=S(=O)(c1ccc(NCCCSc2ccccc2)[nH+]c1)N1CCOCC1. The second kappa shape index (κ2) is 9.36. The maximum atomic E-state index is 12.6. The number of hydrogen-bond acceptors (Lipinski definition) is 5. The van der Waals surface area contributed by atoms with Crippen LogP contribution in [0.5, 0.6) is 0 Å². The van der Waals surface area contributed by atoms with Crippen LogP contribution < -0.4 is 10.3 Å². The molecule has 1 fully saturated rings. The molecule has 140 valence electrons. The summed E-state index contributed by atoms with van der Waals surface area (Å²) in [5.74, 6) is 1.84. The molecule has 0 saturated carbocycles. The average Bonchev–Trinajstić information content (AvgIpc) is 2.69. The Balaban J connectivity index is 1.45. The minimum atomic E-state index is -3.45. The molecule has 0 aliphatic carbocycles. The number of nitrogens with one attached hydrogen (secondary N) is 2. The van der Waals surface area contributed by atoms with E-state index in [1.165, 1.54) is 9.20 Å². The van der Waals surface area contributed by atoms with Gasteiger partial charge in [0.1, 0.15) is 11.1 Å². The number of H-pyrrole nitrogens is 1. The summed E-state index contributed by atoms with van der Waals surface area (Å²) in [5.41, 5.74) is 0. The third-order valence-corrected chi connectivity index (χ3v) is 7.03. The van der Waals surface area contributed by atoms with Crippen molar-refractivity contribution in [3.05, 3.63) is 48.7 Å². The number of aromatic amines is 1. The first-order valence-corrected chi connectivity index (χ1v) is 11.1. The van der Waals surface area contributed by atoms with Gasteiger partial charge < -0.3 is 4.74 Å². The number of nitrogens with zero attached hydrogens (tertiary/aromatic N) is 1. The lowest BCUT2D eigenvalue weighted by Gasteiger charge is -2.25. The van der Waals surface area contributed by atoms with E-state index in [-0.39, 0.29) is 4.90 Å². The first-order chi connectivity index (χ1) is 12.7. The van der Waals surface area contributed by atoms with E-state index >= 15 is 0 Å². The van der Waals surface area contributed by atoms with Gasteiger partial charge in [0.2, 0.25) is 10.0 Å². The Labute approximate surface area is 159 Å². The molecule has 1 saturated heterocycles. The van der Waals surface area contributed by atoms with Crippen molar-refractivity contribution in [3.63, 3.8) is 0 Å². The van der Waals surface area contributed by atoms with Crippen molar-refractivity contribution in [1.82, 2.24) is 4.31 Å². The van der Waals surface area contributed by atoms with Gasteiger partial charge in [-0.2, -0.15) is 4.31 Å². The molecule has 1 aromatic carbocycles. The summed E-state index contributed by atoms with van der Waals surface area (Å²) in [6, 6.07) is 13.7. The Bertz CT molecular complexity index is 777. The fourth-order valence-electron chi connectivity index (χ4n) is 2.62. The molecule has 2 heterocycles. The van der Waals surface area contributed by atoms with Gasteiger partial charge in [-0.25, -0.2) is 13.4 Å². The topological polar surface area (TPSA) is 72.8 Å². The van der Waals surface area contributed by atoms with Crippen LogP contribution in [0.2, 0.25) is 0 Å². The third-order valence-electron chi connectivity index (χ3n) is 4.04. The van der Waals surface area contributed by atoms with E-state index in [4.69, 9.17) is 4.74 Å². The highest BCUT2D eigenvalue weighted by Crippen LogP contribution is 2.18. The third kappa shape index (κ3) is 5.20. The number of anilines is 1. The Kier molecular flexibility index (Phi) is 6.90. The maximum absolute atomic E-state index is 12.6. The molecule has 0 radical (unpaired) electrons. The van der Waals surface area contributed by atoms with Crippen molar-refractivity contribution in [2.75, 3.05) is 43.9 Å². The van der Waals surface area contributed by atoms with E-state index < -0.39 is 10.0 Å². The number of sulfonamides is 1. The van der Waals surface area contributed by atoms with Gasteiger partial charge in [0.25, 0.3) is 5.82 Å². The van der Waals surface area contributed by atoms with E-state index in [0.717, 1.165) is 24.5 Å². The van der Waals surface area contributed by atoms with Crippen LogP contribution in [0.3, 0.4) is 0 Å². The molecule has 0 spiro atoms. The number of ether oxygens (including phenoxy) is 1. The summed E-state index contributed by atoms with van der Waals surface area (Å²) in [6.45, 7) is 2.53. The van der Waals surface area contributed by atoms with Crippen LogP contribution >= 0.6 is 11.8 Å². The van der Waals surface area contributed by atoms with E-state index in [9.17, 15) is 8.42 Å². The standard InChI is InChI=1S/C18H23N3O3S2/c22-26(23,21-10-12-24-13-11-21)17-7-8-18(20-15-17)19-9-4-14-25-16-5-2-1-3-6-16/h1-3,5-8,15H,4,9-14H2,(H,19,20)/p+1. The highest BCUT2D eigenvalue weighted by atomic mass is 32.2. The van der Waals surface area contributed by atoms with Gasteiger partial charge in [0, 0.05) is 29.8 Å². The summed E-state index contributed by atoms with van der Waals surface area (Å²) in [6.07, 6.45) is 2.56. The van der Waals surface area contributed by atoms with Gasteiger partial charge in [0.15, 0.2) is 0 Å². The highest BCUT2D eigenvalue weighted by molar-refractivity contribution is 7.99. The molecule has 2 aromatic rings. The smallest absolute Gasteiger partial charge is 0.272 e. The quantitative estimate of drug-likeness (QED) is 0.548. The van der Waals surface area contributed by atoms with Crippen molar-refractivity contribution >= 4 is 27.6 Å². The Morgan fingerprint density at radius 2 is 1.88 bits per heavy atom. The van der Waals surface area contributed by atoms with Crippen molar-refractivity contribution in [1.29, 1.82) is 0 Å². The lowest BCUT2D eigenvalue weighted by molar-refractivity contribution is -0.364. The Morgan fingerprint density at radius 3 is 2.58 bits per heavy atom. The van der Waals surface area contributed by atoms with Gasteiger partial charge in [-0.05, 0) is 24.6 Å². The number of benzene rings is 1. The van der Waals surface area contributed by atoms with Crippen molar-refractivity contribution in [3.8, 4) is 0 Å². The number of thioether (sulfide) groups is 1. The normalized spacial score (nSPS) is 15.7. The van der Waals surface area contributed by atoms with Crippen LogP contribution in [-0.4, -0.2) is 51.3 Å². The van der Waals surface area contributed by atoms with Gasteiger partial charge in [0.05, 0.1) is 19.8 Å². The zero-order chi connectivity index (χ0) is 18.2. The largest absolute Gasteiger partial charge is 0.379 e. The van der Waals surface area contributed by atoms with E-state index in [2.05, 4.69) is 22.4 Å². The molecule has 8 heteroatoms. The van der Waals surface area contributed by atoms with Crippen LogP contribution in [0.25, 0.3) is 0 Å². The first-order valence-electron chi connectivity index (χ1n) is 8.67. The van der Waals surface area contributed by atoms with Crippen LogP contribution in [0.15, 0.2) is 58.5 Å². The predicted molar refractivity (Wildman–Crippen MR) is 103 cm³/mol. The number of aromatic nitrogens is 1. The molecule has 3 rings (SSSR count). The monoisotopic (exact) mass is 394 g/mol. The molecule has 1 aliphatic rings. The minimum Gasteiger partial charge on any atom is -0.379 e. The highest BCUT2D eigenvalue weighted by Gasteiger charge is 2.27. The summed E-state index contributed by atoms with van der Waals surface area (Å²) >= 11 is 1.83. The minimum absolute atomic E-state index is 0.282. The fraction of sp³-hybridized carbons (Fsp3) is 0.389. The lowest BCUT2D eigenvalue weighted by atomic mass is 10.4. The Morgan fingerprint density at radius 1 is 1.12 bits per heavy atom. The molecule has 1 aliphatic heterocycles. The number of morpholine rings is 1. The predicted octanol–water partition coefficient (Wildman–Crippen LogP) is 2.12. The van der Waals surface area contributed by atoms with Crippen LogP contribution in [0.1, 0.15) is 6.42 Å². The van der Waals surface area contributed by atoms with Gasteiger partial charge >= 0.3 is 0 Å². The van der Waals surface area contributed by atoms with Crippen molar-refractivity contribution < 1.29 is 18.1 Å². The van der Waals surface area contributed by atoms with Crippen molar-refractivity contribution in [2.24, 2.45) is 0 Å². The maximum Gasteiger partial charge on any atom is 0.272 e. The number of hydrogen-bond donors (Lipinski definition) is 1. The van der Waals surface area contributed by atoms with Crippen LogP contribution in [0, 0.1) is 0 Å². The molecule has 6 nitrogen and oxygen atoms in total. The molecular formula is C18H24N3O3S2+. The molecule has 0 bridgehead atoms. The molecule has 26 heavy (non-hydrogen) atoms. The van der Waals surface area contributed by atoms with Crippen LogP contribution in [-0.2, 0) is 14.8 Å². The molecule has 2 N–H and O–H groups in total. The van der Waals surface area contributed by atoms with E-state index in [0.29, 0.717) is 26.3 Å². The average molecular weight is 395 g/mol. The second-order valence-corrected chi connectivity index (χ2v) is 9.00. The van der Waals surface area contributed by atoms with Gasteiger partial charge in [-0.15, -0.1) is 11.8 Å². The molecule has 0 unspecified atom stereocenters. The summed E-state index contributed by atoms with van der Waals surface area (Å²) in [7, 11) is -3.45. The zero-order valence-corrected chi connectivity index (χ0v) is 16.2. The number of rotatable bonds is 8. The van der Waals surface area contributed by atoms with Gasteiger partial charge in [-0.3, -0.25) is 5.32 Å². The zero-order valence-electron chi connectivity index (χ0n) is 14.6. The van der Waals surface area contributed by atoms with Crippen molar-refractivity contribution in [2.45, 2.75) is 16.2 Å². The van der Waals surface area contributed by atoms with Gasteiger partial charge in [-0.1, -0.05) is 18.2 Å².